The lowest BCUT2D eigenvalue weighted by Crippen LogP contribution is -2.46. The number of anilines is 1. The molecule has 0 bridgehead atoms. The summed E-state index contributed by atoms with van der Waals surface area (Å²) in [5.74, 6) is 0.822. The third kappa shape index (κ3) is 5.08. The Bertz CT molecular complexity index is 887. The molecule has 2 amide bonds. The van der Waals surface area contributed by atoms with Crippen LogP contribution in [0.25, 0.3) is 0 Å². The highest BCUT2D eigenvalue weighted by Crippen LogP contribution is 2.32. The third-order valence-corrected chi connectivity index (χ3v) is 3.87. The molecule has 27 heavy (non-hydrogen) atoms. The smallest absolute Gasteiger partial charge is 0.269 e. The molecule has 8 nitrogen and oxygen atoms in total. The van der Waals surface area contributed by atoms with E-state index < -0.39 is 0 Å². The highest BCUT2D eigenvalue weighted by atomic mass is 32.1. The lowest BCUT2D eigenvalue weighted by molar-refractivity contribution is -0.114. The SMILES string of the molecule is CC(=O)Nc1cccc(C(=O)NNC(=S)NCc2ccc3c(c2)OCO3)c1. The Hall–Kier alpha value is -3.33. The van der Waals surface area contributed by atoms with Crippen molar-refractivity contribution in [2.75, 3.05) is 12.1 Å². The van der Waals surface area contributed by atoms with Gasteiger partial charge in [0.25, 0.3) is 5.91 Å². The van der Waals surface area contributed by atoms with E-state index in [2.05, 4.69) is 21.5 Å². The first-order chi connectivity index (χ1) is 13.0. The molecule has 9 heteroatoms. The Morgan fingerprint density at radius 2 is 1.89 bits per heavy atom. The molecule has 3 rings (SSSR count). The van der Waals surface area contributed by atoms with Crippen LogP contribution < -0.4 is 31.0 Å². The van der Waals surface area contributed by atoms with Crippen molar-refractivity contribution >= 4 is 34.8 Å². The number of ether oxygens (including phenoxy) is 2. The fourth-order valence-corrected chi connectivity index (χ4v) is 2.53. The van der Waals surface area contributed by atoms with Crippen molar-refractivity contribution in [3.8, 4) is 11.5 Å². The van der Waals surface area contributed by atoms with Crippen LogP contribution in [0.4, 0.5) is 5.69 Å². The van der Waals surface area contributed by atoms with Gasteiger partial charge in [0.05, 0.1) is 0 Å². The molecule has 0 saturated heterocycles. The molecule has 140 valence electrons. The minimum absolute atomic E-state index is 0.209. The van der Waals surface area contributed by atoms with Crippen molar-refractivity contribution in [3.63, 3.8) is 0 Å². The van der Waals surface area contributed by atoms with Crippen LogP contribution in [0.15, 0.2) is 42.5 Å². The summed E-state index contributed by atoms with van der Waals surface area (Å²) in [6.07, 6.45) is 0. The Morgan fingerprint density at radius 1 is 1.07 bits per heavy atom. The monoisotopic (exact) mass is 386 g/mol. The van der Waals surface area contributed by atoms with Crippen LogP contribution in [0, 0.1) is 0 Å². The number of hydrogen-bond acceptors (Lipinski definition) is 5. The van der Waals surface area contributed by atoms with Crippen LogP contribution in [-0.2, 0) is 11.3 Å². The molecule has 0 radical (unpaired) electrons. The average Bonchev–Trinajstić information content (AvgIpc) is 3.12. The van der Waals surface area contributed by atoms with Gasteiger partial charge in [-0.25, -0.2) is 0 Å². The van der Waals surface area contributed by atoms with Gasteiger partial charge in [-0.15, -0.1) is 0 Å². The van der Waals surface area contributed by atoms with E-state index >= 15 is 0 Å². The van der Waals surface area contributed by atoms with E-state index in [1.807, 2.05) is 18.2 Å². The fourth-order valence-electron chi connectivity index (χ4n) is 2.40. The maximum absolute atomic E-state index is 12.2. The molecule has 0 saturated carbocycles. The summed E-state index contributed by atoms with van der Waals surface area (Å²) < 4.78 is 10.6. The molecule has 2 aromatic carbocycles. The molecule has 0 aliphatic carbocycles. The summed E-state index contributed by atoms with van der Waals surface area (Å²) in [4.78, 5) is 23.3. The molecule has 0 fully saturated rings. The normalized spacial score (nSPS) is 11.4. The van der Waals surface area contributed by atoms with Crippen LogP contribution in [0.2, 0.25) is 0 Å². The van der Waals surface area contributed by atoms with Gasteiger partial charge in [0.15, 0.2) is 16.6 Å². The highest BCUT2D eigenvalue weighted by molar-refractivity contribution is 7.80. The Kier molecular flexibility index (Phi) is 5.72. The molecule has 2 aromatic rings. The number of carbonyl (C=O) groups excluding carboxylic acids is 2. The van der Waals surface area contributed by atoms with Crippen molar-refractivity contribution in [2.24, 2.45) is 0 Å². The van der Waals surface area contributed by atoms with Gasteiger partial charge in [-0.2, -0.15) is 0 Å². The number of thiocarbonyl (C=S) groups is 1. The summed E-state index contributed by atoms with van der Waals surface area (Å²) in [5.41, 5.74) is 7.03. The standard InChI is InChI=1S/C18H18N4O4S/c1-11(23)20-14-4-2-3-13(8-14)17(24)21-22-18(27)19-9-12-5-6-15-16(7-12)26-10-25-15/h2-8H,9-10H2,1H3,(H,20,23)(H,21,24)(H2,19,22,27). The van der Waals surface area contributed by atoms with E-state index in [1.165, 1.54) is 6.92 Å². The van der Waals surface area contributed by atoms with Crippen LogP contribution in [0.1, 0.15) is 22.8 Å². The molecule has 0 aromatic heterocycles. The average molecular weight is 386 g/mol. The summed E-state index contributed by atoms with van der Waals surface area (Å²) in [6.45, 7) is 2.08. The first-order valence-corrected chi connectivity index (χ1v) is 8.52. The van der Waals surface area contributed by atoms with E-state index in [0.29, 0.717) is 29.3 Å². The van der Waals surface area contributed by atoms with Crippen molar-refractivity contribution in [3.05, 3.63) is 53.6 Å². The lowest BCUT2D eigenvalue weighted by Gasteiger charge is -2.12. The largest absolute Gasteiger partial charge is 0.454 e. The zero-order chi connectivity index (χ0) is 19.2. The van der Waals surface area contributed by atoms with Crippen LogP contribution in [0.3, 0.4) is 0 Å². The van der Waals surface area contributed by atoms with E-state index in [-0.39, 0.29) is 23.7 Å². The Morgan fingerprint density at radius 3 is 2.70 bits per heavy atom. The molecule has 1 aliphatic heterocycles. The van der Waals surface area contributed by atoms with Gasteiger partial charge in [-0.1, -0.05) is 12.1 Å². The van der Waals surface area contributed by atoms with Gasteiger partial charge in [-0.05, 0) is 48.1 Å². The highest BCUT2D eigenvalue weighted by Gasteiger charge is 2.13. The van der Waals surface area contributed by atoms with Gasteiger partial charge in [0, 0.05) is 24.7 Å². The number of benzene rings is 2. The zero-order valence-corrected chi connectivity index (χ0v) is 15.3. The van der Waals surface area contributed by atoms with Crippen molar-refractivity contribution < 1.29 is 19.1 Å². The summed E-state index contributed by atoms with van der Waals surface area (Å²) in [7, 11) is 0. The molecule has 1 aliphatic rings. The Labute approximate surface area is 161 Å². The molecule has 1 heterocycles. The van der Waals surface area contributed by atoms with Crippen LogP contribution >= 0.6 is 12.2 Å². The molecular formula is C18H18N4O4S. The van der Waals surface area contributed by atoms with E-state index in [1.54, 1.807) is 24.3 Å². The summed E-state index contributed by atoms with van der Waals surface area (Å²) >= 11 is 5.15. The van der Waals surface area contributed by atoms with Crippen molar-refractivity contribution in [1.82, 2.24) is 16.2 Å². The van der Waals surface area contributed by atoms with Gasteiger partial charge < -0.3 is 20.1 Å². The molecule has 4 N–H and O–H groups in total. The third-order valence-electron chi connectivity index (χ3n) is 3.62. The van der Waals surface area contributed by atoms with Crippen molar-refractivity contribution in [2.45, 2.75) is 13.5 Å². The fraction of sp³-hybridized carbons (Fsp3) is 0.167. The van der Waals surface area contributed by atoms with Gasteiger partial charge >= 0.3 is 0 Å². The second-order valence-electron chi connectivity index (χ2n) is 5.71. The predicted molar refractivity (Wildman–Crippen MR) is 103 cm³/mol. The predicted octanol–water partition coefficient (Wildman–Crippen LogP) is 1.68. The summed E-state index contributed by atoms with van der Waals surface area (Å²) in [5, 5.41) is 5.87. The number of amides is 2. The van der Waals surface area contributed by atoms with Gasteiger partial charge in [0.1, 0.15) is 0 Å². The number of nitrogens with one attached hydrogen (secondary N) is 4. The first-order valence-electron chi connectivity index (χ1n) is 8.11. The maximum atomic E-state index is 12.2. The second kappa shape index (κ2) is 8.37. The first kappa shape index (κ1) is 18.5. The maximum Gasteiger partial charge on any atom is 0.269 e. The van der Waals surface area contributed by atoms with E-state index in [0.717, 1.165) is 5.56 Å². The van der Waals surface area contributed by atoms with Gasteiger partial charge in [0.2, 0.25) is 12.7 Å². The number of hydrazine groups is 1. The quantitative estimate of drug-likeness (QED) is 0.469. The topological polar surface area (TPSA) is 101 Å². The van der Waals surface area contributed by atoms with Crippen LogP contribution in [0.5, 0.6) is 11.5 Å². The number of fused-ring (bicyclic) bond motifs is 1. The minimum Gasteiger partial charge on any atom is -0.454 e. The zero-order valence-electron chi connectivity index (χ0n) is 14.5. The molecular weight excluding hydrogens is 368 g/mol. The number of carbonyl (C=O) groups is 2. The summed E-state index contributed by atoms with van der Waals surface area (Å²) in [6, 6.07) is 12.2. The van der Waals surface area contributed by atoms with Gasteiger partial charge in [-0.3, -0.25) is 20.4 Å². The number of hydrogen-bond donors (Lipinski definition) is 4. The van der Waals surface area contributed by atoms with Crippen LogP contribution in [-0.4, -0.2) is 23.7 Å². The molecule has 0 spiro atoms. The second-order valence-corrected chi connectivity index (χ2v) is 6.12. The van der Waals surface area contributed by atoms with Crippen molar-refractivity contribution in [1.29, 1.82) is 0 Å². The van der Waals surface area contributed by atoms with E-state index in [9.17, 15) is 9.59 Å². The lowest BCUT2D eigenvalue weighted by atomic mass is 10.2. The van der Waals surface area contributed by atoms with E-state index in [4.69, 9.17) is 21.7 Å². The molecule has 0 atom stereocenters. The minimum atomic E-state index is -0.380. The Balaban J connectivity index is 1.47. The number of rotatable bonds is 4. The molecule has 0 unspecified atom stereocenters.